The number of carboxylic acid groups (broad SMARTS) is 1. The summed E-state index contributed by atoms with van der Waals surface area (Å²) in [7, 11) is 1.42. The van der Waals surface area contributed by atoms with Crippen molar-refractivity contribution >= 4 is 17.7 Å². The summed E-state index contributed by atoms with van der Waals surface area (Å²) in [5.74, 6) is -1.75. The van der Waals surface area contributed by atoms with Gasteiger partial charge in [-0.05, 0) is 37.2 Å². The fourth-order valence-electron chi connectivity index (χ4n) is 2.71. The Balaban J connectivity index is 2.38. The first-order chi connectivity index (χ1) is 9.79. The number of amides is 1. The molecule has 0 bridgehead atoms. The van der Waals surface area contributed by atoms with Gasteiger partial charge in [0, 0.05) is 12.6 Å². The van der Waals surface area contributed by atoms with E-state index in [1.54, 1.807) is 0 Å². The molecule has 0 radical (unpaired) electrons. The number of carbonyl (C=O) groups excluding carboxylic acids is 1. The van der Waals surface area contributed by atoms with Gasteiger partial charge in [0.1, 0.15) is 5.54 Å². The smallest absolute Gasteiger partial charge is 0.329 e. The molecule has 0 saturated carbocycles. The Morgan fingerprint density at radius 2 is 2.05 bits per heavy atom. The Bertz CT molecular complexity index is 609. The van der Waals surface area contributed by atoms with Gasteiger partial charge in [-0.2, -0.15) is 0 Å². The Labute approximate surface area is 121 Å². The third kappa shape index (κ3) is 2.37. The van der Waals surface area contributed by atoms with Gasteiger partial charge in [0.15, 0.2) is 5.69 Å². The van der Waals surface area contributed by atoms with Crippen LogP contribution in [0.1, 0.15) is 36.7 Å². The normalized spacial score (nSPS) is 22.1. The Morgan fingerprint density at radius 3 is 2.57 bits per heavy atom. The van der Waals surface area contributed by atoms with Crippen LogP contribution in [0, 0.1) is 10.1 Å². The zero-order valence-electron chi connectivity index (χ0n) is 11.9. The molecule has 0 aliphatic carbocycles. The molecule has 1 aliphatic heterocycles. The third-order valence-corrected chi connectivity index (χ3v) is 4.10. The van der Waals surface area contributed by atoms with E-state index in [1.165, 1.54) is 35.6 Å². The molecule has 1 fully saturated rings. The molecular formula is C13H17N3O5. The highest BCUT2D eigenvalue weighted by atomic mass is 16.6. The number of carboxylic acids is 1. The fraction of sp³-hybridized carbons (Fsp3) is 0.538. The largest absolute Gasteiger partial charge is 0.480 e. The predicted molar refractivity (Wildman–Crippen MR) is 73.0 cm³/mol. The number of hydrogen-bond acceptors (Lipinski definition) is 4. The van der Waals surface area contributed by atoms with Gasteiger partial charge < -0.3 is 20.1 Å². The lowest BCUT2D eigenvalue weighted by molar-refractivity contribution is -0.391. The number of likely N-dealkylation sites (tertiary alicyclic amines) is 1. The van der Waals surface area contributed by atoms with Crippen molar-refractivity contribution in [2.75, 3.05) is 6.54 Å². The van der Waals surface area contributed by atoms with Crippen molar-refractivity contribution < 1.29 is 19.6 Å². The lowest BCUT2D eigenvalue weighted by atomic mass is 9.88. The van der Waals surface area contributed by atoms with E-state index < -0.39 is 22.3 Å². The van der Waals surface area contributed by atoms with Gasteiger partial charge in [0.25, 0.3) is 5.91 Å². The second-order valence-corrected chi connectivity index (χ2v) is 5.39. The predicted octanol–water partition coefficient (Wildman–Crippen LogP) is 1.40. The maximum Gasteiger partial charge on any atom is 0.329 e. The molecule has 1 N–H and O–H groups in total. The topological polar surface area (TPSA) is 106 Å². The second-order valence-electron chi connectivity index (χ2n) is 5.39. The minimum absolute atomic E-state index is 0.121. The van der Waals surface area contributed by atoms with Crippen molar-refractivity contribution in [2.24, 2.45) is 7.05 Å². The summed E-state index contributed by atoms with van der Waals surface area (Å²) in [4.78, 5) is 35.7. The number of nitro groups is 1. The number of carbonyl (C=O) groups is 2. The zero-order chi connectivity index (χ0) is 15.8. The Morgan fingerprint density at radius 1 is 1.38 bits per heavy atom. The molecule has 1 aliphatic rings. The molecule has 2 heterocycles. The molecule has 2 rings (SSSR count). The molecule has 1 saturated heterocycles. The first kappa shape index (κ1) is 15.0. The molecule has 1 amide bonds. The molecule has 8 nitrogen and oxygen atoms in total. The van der Waals surface area contributed by atoms with Gasteiger partial charge >= 0.3 is 11.8 Å². The highest BCUT2D eigenvalue weighted by Crippen LogP contribution is 2.30. The van der Waals surface area contributed by atoms with Crippen LogP contribution >= 0.6 is 0 Å². The first-order valence-electron chi connectivity index (χ1n) is 6.64. The van der Waals surface area contributed by atoms with Crippen molar-refractivity contribution in [3.8, 4) is 0 Å². The summed E-state index contributed by atoms with van der Waals surface area (Å²) < 4.78 is 1.18. The number of rotatable bonds is 3. The van der Waals surface area contributed by atoms with Crippen LogP contribution in [-0.4, -0.2) is 43.5 Å². The molecule has 1 aromatic heterocycles. The van der Waals surface area contributed by atoms with Crippen LogP contribution < -0.4 is 0 Å². The van der Waals surface area contributed by atoms with E-state index in [9.17, 15) is 24.8 Å². The highest BCUT2D eigenvalue weighted by molar-refractivity contribution is 5.97. The van der Waals surface area contributed by atoms with Crippen LogP contribution in [0.3, 0.4) is 0 Å². The lowest BCUT2D eigenvalue weighted by Crippen LogP contribution is -2.57. The maximum absolute atomic E-state index is 12.6. The molecule has 0 spiro atoms. The molecule has 1 aromatic rings. The van der Waals surface area contributed by atoms with Crippen molar-refractivity contribution in [2.45, 2.75) is 31.7 Å². The molecule has 8 heteroatoms. The number of aromatic nitrogens is 1. The molecule has 1 unspecified atom stereocenters. The van der Waals surface area contributed by atoms with Gasteiger partial charge in [-0.15, -0.1) is 0 Å². The van der Waals surface area contributed by atoms with E-state index >= 15 is 0 Å². The van der Waals surface area contributed by atoms with Crippen molar-refractivity contribution in [3.05, 3.63) is 27.9 Å². The minimum Gasteiger partial charge on any atom is -0.480 e. The second kappa shape index (κ2) is 5.19. The Hall–Kier alpha value is -2.38. The van der Waals surface area contributed by atoms with E-state index in [-0.39, 0.29) is 11.5 Å². The van der Waals surface area contributed by atoms with Crippen LogP contribution in [-0.2, 0) is 11.8 Å². The van der Waals surface area contributed by atoms with Crippen LogP contribution in [0.4, 0.5) is 5.82 Å². The van der Waals surface area contributed by atoms with Crippen molar-refractivity contribution in [1.82, 2.24) is 9.47 Å². The SMILES string of the molecule is Cn1c(C(=O)N2CCCCC2(C)C(=O)O)ccc1[N+](=O)[O-]. The van der Waals surface area contributed by atoms with Crippen LogP contribution in [0.2, 0.25) is 0 Å². The number of aliphatic carboxylic acids is 1. The Kier molecular flexibility index (Phi) is 3.71. The molecule has 114 valence electrons. The monoisotopic (exact) mass is 295 g/mol. The summed E-state index contributed by atoms with van der Waals surface area (Å²) in [5.41, 5.74) is -1.15. The number of nitrogens with zero attached hydrogens (tertiary/aromatic N) is 3. The van der Waals surface area contributed by atoms with Crippen LogP contribution in [0.15, 0.2) is 12.1 Å². The molecule has 1 atom stereocenters. The van der Waals surface area contributed by atoms with Gasteiger partial charge in [-0.1, -0.05) is 0 Å². The molecule has 21 heavy (non-hydrogen) atoms. The third-order valence-electron chi connectivity index (χ3n) is 4.10. The molecule has 0 aromatic carbocycles. The zero-order valence-corrected chi connectivity index (χ0v) is 11.9. The number of piperidine rings is 1. The van der Waals surface area contributed by atoms with Crippen molar-refractivity contribution in [3.63, 3.8) is 0 Å². The first-order valence-corrected chi connectivity index (χ1v) is 6.64. The van der Waals surface area contributed by atoms with Crippen molar-refractivity contribution in [1.29, 1.82) is 0 Å². The molecular weight excluding hydrogens is 278 g/mol. The summed E-state index contributed by atoms with van der Waals surface area (Å²) in [5, 5.41) is 20.3. The van der Waals surface area contributed by atoms with E-state index in [2.05, 4.69) is 0 Å². The van der Waals surface area contributed by atoms with Gasteiger partial charge in [0.05, 0.1) is 7.05 Å². The summed E-state index contributed by atoms with van der Waals surface area (Å²) in [6.07, 6.45) is 1.83. The van der Waals surface area contributed by atoms with E-state index in [4.69, 9.17) is 0 Å². The van der Waals surface area contributed by atoms with Gasteiger partial charge in [-0.3, -0.25) is 4.79 Å². The van der Waals surface area contributed by atoms with Crippen LogP contribution in [0.25, 0.3) is 0 Å². The van der Waals surface area contributed by atoms with Gasteiger partial charge in [0.2, 0.25) is 0 Å². The van der Waals surface area contributed by atoms with E-state index in [0.717, 1.165) is 12.8 Å². The quantitative estimate of drug-likeness (QED) is 0.670. The van der Waals surface area contributed by atoms with E-state index in [0.29, 0.717) is 13.0 Å². The summed E-state index contributed by atoms with van der Waals surface area (Å²) in [6.45, 7) is 1.85. The van der Waals surface area contributed by atoms with E-state index in [1.807, 2.05) is 0 Å². The average molecular weight is 295 g/mol. The summed E-state index contributed by atoms with van der Waals surface area (Å²) >= 11 is 0. The maximum atomic E-state index is 12.6. The lowest BCUT2D eigenvalue weighted by Gasteiger charge is -2.41. The van der Waals surface area contributed by atoms with Gasteiger partial charge in [-0.25, -0.2) is 9.36 Å². The fourth-order valence-corrected chi connectivity index (χ4v) is 2.71. The number of hydrogen-bond donors (Lipinski definition) is 1. The standard InChI is InChI=1S/C13H17N3O5/c1-13(12(18)19)7-3-4-8-15(13)11(17)9-5-6-10(14(9)2)16(20)21/h5-6H,3-4,7-8H2,1-2H3,(H,18,19). The van der Waals surface area contributed by atoms with Crippen LogP contribution in [0.5, 0.6) is 0 Å². The highest BCUT2D eigenvalue weighted by Gasteiger charge is 2.45. The summed E-state index contributed by atoms with van der Waals surface area (Å²) in [6, 6.07) is 2.60. The minimum atomic E-state index is -1.27. The average Bonchev–Trinajstić information content (AvgIpc) is 2.80.